The first-order valence-corrected chi connectivity index (χ1v) is 12.5. The summed E-state index contributed by atoms with van der Waals surface area (Å²) >= 11 is -2.15. The zero-order valence-corrected chi connectivity index (χ0v) is 19.0. The predicted octanol–water partition coefficient (Wildman–Crippen LogP) is 6.86. The Kier molecular flexibility index (Phi) is 7.51. The first-order chi connectivity index (χ1) is 15.7. The average Bonchev–Trinajstić information content (AvgIpc) is 2.86. The summed E-state index contributed by atoms with van der Waals surface area (Å²) in [5.74, 6) is 0. The monoisotopic (exact) mass is 454 g/mol. The molecule has 0 fully saturated rings. The second-order valence-electron chi connectivity index (χ2n) is 6.96. The van der Waals surface area contributed by atoms with Crippen LogP contribution in [0.1, 0.15) is 0 Å². The van der Waals surface area contributed by atoms with Crippen LogP contribution in [0, 0.1) is 0 Å². The Labute approximate surface area is 194 Å². The molecule has 0 amide bonds. The van der Waals surface area contributed by atoms with Gasteiger partial charge in [-0.05, 0) is 64.3 Å². The van der Waals surface area contributed by atoms with Crippen molar-refractivity contribution in [3.8, 4) is 0 Å². The smallest absolute Gasteiger partial charge is 0.166 e. The van der Waals surface area contributed by atoms with Crippen LogP contribution in [0.3, 0.4) is 0 Å². The van der Waals surface area contributed by atoms with E-state index < -0.39 is 11.1 Å². The minimum absolute atomic E-state index is 0.0146. The van der Waals surface area contributed by atoms with Crippen molar-refractivity contribution in [3.63, 3.8) is 0 Å². The summed E-state index contributed by atoms with van der Waals surface area (Å²) in [6.45, 7) is 0. The summed E-state index contributed by atoms with van der Waals surface area (Å²) in [6, 6.07) is 44.8. The highest BCUT2D eigenvalue weighted by atomic mass is 32.2. The Morgan fingerprint density at radius 1 is 0.500 bits per heavy atom. The van der Waals surface area contributed by atoms with E-state index in [-0.39, 0.29) is 10.9 Å². The van der Waals surface area contributed by atoms with Crippen LogP contribution in [0.4, 0.5) is 0 Å². The van der Waals surface area contributed by atoms with E-state index in [4.69, 9.17) is 0 Å². The molecule has 5 aromatic rings. The normalized spacial score (nSPS) is 11.6. The van der Waals surface area contributed by atoms with Gasteiger partial charge in [0, 0.05) is 4.90 Å². The molecule has 158 valence electrons. The molecule has 0 N–H and O–H groups in total. The van der Waals surface area contributed by atoms with Gasteiger partial charge in [-0.3, -0.25) is 4.21 Å². The number of fused-ring (bicyclic) bond motifs is 1. The number of benzene rings is 5. The van der Waals surface area contributed by atoms with Crippen molar-refractivity contribution >= 4 is 32.7 Å². The van der Waals surface area contributed by atoms with Gasteiger partial charge in [0.2, 0.25) is 0 Å². The summed E-state index contributed by atoms with van der Waals surface area (Å²) in [5, 5.41) is 1.72. The molecule has 0 aliphatic heterocycles. The van der Waals surface area contributed by atoms with Crippen LogP contribution in [-0.2, 0) is 22.0 Å². The van der Waals surface area contributed by atoms with Crippen molar-refractivity contribution in [3.05, 3.63) is 133 Å². The molecule has 0 aliphatic carbocycles. The van der Waals surface area contributed by atoms with Crippen LogP contribution in [0.5, 0.6) is 0 Å². The highest BCUT2D eigenvalue weighted by molar-refractivity contribution is 7.97. The van der Waals surface area contributed by atoms with Crippen molar-refractivity contribution in [1.29, 1.82) is 0 Å². The molecular weight excluding hydrogens is 432 g/mol. The lowest BCUT2D eigenvalue weighted by atomic mass is 10.1. The molecule has 1 atom stereocenters. The Hall–Kier alpha value is -3.18. The molecule has 0 saturated carbocycles. The fraction of sp³-hybridized carbons (Fsp3) is 0. The predicted molar refractivity (Wildman–Crippen MR) is 133 cm³/mol. The molecule has 0 saturated heterocycles. The van der Waals surface area contributed by atoms with Gasteiger partial charge >= 0.3 is 0 Å². The van der Waals surface area contributed by atoms with Crippen molar-refractivity contribution < 1.29 is 8.76 Å². The third-order valence-corrected chi connectivity index (χ3v) is 7.81. The van der Waals surface area contributed by atoms with Crippen molar-refractivity contribution in [2.24, 2.45) is 0 Å². The average molecular weight is 455 g/mol. The van der Waals surface area contributed by atoms with Crippen LogP contribution >= 0.6 is 0 Å². The third-order valence-electron chi connectivity index (χ3n) is 4.87. The highest BCUT2D eigenvalue weighted by Crippen LogP contribution is 2.30. The maximum absolute atomic E-state index is 10.8. The van der Waals surface area contributed by atoms with Crippen molar-refractivity contribution in [2.45, 2.75) is 19.6 Å². The first-order valence-electron chi connectivity index (χ1n) is 10.2. The lowest BCUT2D eigenvalue weighted by Crippen LogP contribution is -2.04. The molecule has 1 unspecified atom stereocenters. The standard InChI is InChI=1S/C18H15S.C10H8O2S/c1-4-10-16(11-5-1)19(17-12-6-2-7-13-17)18-14-8-3-9-15-18;11-13(12)10-7-3-5-8-4-1-2-6-9(8)10/h1-15H;1-7H,(H,11,12)/q+1;/p-1. The quantitative estimate of drug-likeness (QED) is 0.220. The highest BCUT2D eigenvalue weighted by Gasteiger charge is 2.27. The van der Waals surface area contributed by atoms with Gasteiger partial charge in [-0.15, -0.1) is 0 Å². The van der Waals surface area contributed by atoms with Gasteiger partial charge in [0.25, 0.3) is 0 Å². The van der Waals surface area contributed by atoms with E-state index in [0.29, 0.717) is 4.90 Å². The van der Waals surface area contributed by atoms with Gasteiger partial charge < -0.3 is 4.55 Å². The second-order valence-corrected chi connectivity index (χ2v) is 9.89. The molecule has 0 bridgehead atoms. The lowest BCUT2D eigenvalue weighted by molar-refractivity contribution is 0.538. The fourth-order valence-corrected chi connectivity index (χ4v) is 6.08. The van der Waals surface area contributed by atoms with Crippen LogP contribution in [0.2, 0.25) is 0 Å². The minimum atomic E-state index is -2.15. The molecule has 5 aromatic carbocycles. The van der Waals surface area contributed by atoms with Crippen molar-refractivity contribution in [1.82, 2.24) is 0 Å². The molecule has 5 rings (SSSR count). The largest absolute Gasteiger partial charge is 0.768 e. The Balaban J connectivity index is 0.000000165. The van der Waals surface area contributed by atoms with E-state index in [9.17, 15) is 8.76 Å². The molecule has 0 spiro atoms. The maximum atomic E-state index is 10.8. The topological polar surface area (TPSA) is 40.1 Å². The Morgan fingerprint density at radius 2 is 0.906 bits per heavy atom. The summed E-state index contributed by atoms with van der Waals surface area (Å²) in [6.07, 6.45) is 0. The van der Waals surface area contributed by atoms with Crippen LogP contribution in [-0.4, -0.2) is 8.76 Å². The molecule has 2 nitrogen and oxygen atoms in total. The molecule has 0 aromatic heterocycles. The van der Waals surface area contributed by atoms with Crippen LogP contribution in [0.25, 0.3) is 10.8 Å². The second kappa shape index (κ2) is 10.9. The zero-order valence-electron chi connectivity index (χ0n) is 17.3. The lowest BCUT2D eigenvalue weighted by Gasteiger charge is -2.08. The van der Waals surface area contributed by atoms with E-state index in [1.54, 1.807) is 18.2 Å². The fourth-order valence-electron chi connectivity index (χ4n) is 3.42. The van der Waals surface area contributed by atoms with Gasteiger partial charge in [0.15, 0.2) is 14.7 Å². The van der Waals surface area contributed by atoms with E-state index in [1.165, 1.54) is 14.7 Å². The summed E-state index contributed by atoms with van der Waals surface area (Å²) in [4.78, 5) is 4.44. The molecule has 0 radical (unpaired) electrons. The van der Waals surface area contributed by atoms with Crippen molar-refractivity contribution in [2.75, 3.05) is 0 Å². The van der Waals surface area contributed by atoms with Crippen LogP contribution in [0.15, 0.2) is 153 Å². The first kappa shape index (κ1) is 22.0. The Morgan fingerprint density at radius 3 is 1.38 bits per heavy atom. The Bertz CT molecular complexity index is 1190. The maximum Gasteiger partial charge on any atom is 0.166 e. The van der Waals surface area contributed by atoms with E-state index in [0.717, 1.165) is 10.8 Å². The SMILES string of the molecule is O=S([O-])c1cccc2ccccc12.c1ccc([S+](c2ccccc2)c2ccccc2)cc1. The van der Waals surface area contributed by atoms with Gasteiger partial charge in [-0.1, -0.05) is 91.0 Å². The summed E-state index contributed by atoms with van der Waals surface area (Å²) < 4.78 is 21.6. The number of hydrogen-bond donors (Lipinski definition) is 0. The van der Waals surface area contributed by atoms with Crippen LogP contribution < -0.4 is 0 Å². The molecule has 4 heteroatoms. The number of hydrogen-bond acceptors (Lipinski definition) is 2. The van der Waals surface area contributed by atoms with Gasteiger partial charge in [0.1, 0.15) is 0 Å². The minimum Gasteiger partial charge on any atom is -0.768 e. The molecule has 32 heavy (non-hydrogen) atoms. The van der Waals surface area contributed by atoms with Gasteiger partial charge in [0.05, 0.1) is 10.9 Å². The van der Waals surface area contributed by atoms with E-state index in [1.807, 2.05) is 24.3 Å². The number of rotatable bonds is 4. The van der Waals surface area contributed by atoms with Gasteiger partial charge in [-0.25, -0.2) is 0 Å². The molecule has 0 heterocycles. The van der Waals surface area contributed by atoms with Gasteiger partial charge in [-0.2, -0.15) is 0 Å². The molecule has 0 aliphatic rings. The summed E-state index contributed by atoms with van der Waals surface area (Å²) in [5.41, 5.74) is 0. The third kappa shape index (κ3) is 5.35. The summed E-state index contributed by atoms with van der Waals surface area (Å²) in [7, 11) is -0.0146. The van der Waals surface area contributed by atoms with E-state index >= 15 is 0 Å². The zero-order chi connectivity index (χ0) is 22.2. The molecular formula is C28H22O2S2. The van der Waals surface area contributed by atoms with E-state index in [2.05, 4.69) is 91.0 Å².